The molecular weight excluding hydrogens is 216 g/mol. The van der Waals surface area contributed by atoms with Crippen LogP contribution in [0.5, 0.6) is 11.5 Å². The predicted molar refractivity (Wildman–Crippen MR) is 55.3 cm³/mol. The van der Waals surface area contributed by atoms with E-state index < -0.39 is 16.4 Å². The van der Waals surface area contributed by atoms with Crippen LogP contribution in [-0.4, -0.2) is 28.1 Å². The summed E-state index contributed by atoms with van der Waals surface area (Å²) in [4.78, 5) is 9.87. The van der Waals surface area contributed by atoms with E-state index in [9.17, 15) is 15.2 Å². The maximum absolute atomic E-state index is 10.6. The molecule has 0 heterocycles. The first kappa shape index (κ1) is 11.8. The van der Waals surface area contributed by atoms with Crippen molar-refractivity contribution < 1.29 is 20.0 Å². The Morgan fingerprint density at radius 3 is 2.81 bits per heavy atom. The van der Waals surface area contributed by atoms with Crippen molar-refractivity contribution in [2.45, 2.75) is 6.92 Å². The third-order valence-corrected chi connectivity index (χ3v) is 1.78. The minimum absolute atomic E-state index is 0.0217. The highest BCUT2D eigenvalue weighted by Crippen LogP contribution is 2.36. The van der Waals surface area contributed by atoms with E-state index in [1.165, 1.54) is 6.07 Å². The summed E-state index contributed by atoms with van der Waals surface area (Å²) in [6, 6.07) is 2.42. The Balaban J connectivity index is 3.32. The molecule has 0 radical (unpaired) electrons. The summed E-state index contributed by atoms with van der Waals surface area (Å²) in [5.41, 5.74) is -0.240. The summed E-state index contributed by atoms with van der Waals surface area (Å²) in [5.74, 6) is -0.562. The third-order valence-electron chi connectivity index (χ3n) is 1.78. The maximum Gasteiger partial charge on any atom is 0.315 e. The van der Waals surface area contributed by atoms with Gasteiger partial charge in [0.1, 0.15) is 0 Å². The van der Waals surface area contributed by atoms with Crippen LogP contribution >= 0.6 is 0 Å². The number of rotatable bonds is 4. The Hall–Kier alpha value is -2.31. The molecule has 86 valence electrons. The van der Waals surface area contributed by atoms with Crippen LogP contribution in [0.2, 0.25) is 0 Å². The van der Waals surface area contributed by atoms with Crippen LogP contribution in [0.4, 0.5) is 5.69 Å². The lowest BCUT2D eigenvalue weighted by atomic mass is 10.2. The SMILES string of the molecule is CCOc1cc(/C=N\O)cc([N+](=O)[O-])c1O. The van der Waals surface area contributed by atoms with Crippen molar-refractivity contribution >= 4 is 11.9 Å². The standard InChI is InChI=1S/C9H10N2O5/c1-2-16-8-4-6(5-10-13)3-7(9(8)12)11(14)15/h3-5,12-13H,2H2,1H3/b10-5-. The number of nitro benzene ring substituents is 1. The zero-order valence-corrected chi connectivity index (χ0v) is 8.45. The number of phenols is 1. The molecule has 0 fully saturated rings. The minimum atomic E-state index is -0.743. The Morgan fingerprint density at radius 2 is 2.31 bits per heavy atom. The van der Waals surface area contributed by atoms with Gasteiger partial charge in [-0.05, 0) is 13.0 Å². The van der Waals surface area contributed by atoms with E-state index in [4.69, 9.17) is 9.94 Å². The summed E-state index contributed by atoms with van der Waals surface area (Å²) >= 11 is 0. The number of hydrogen-bond donors (Lipinski definition) is 2. The lowest BCUT2D eigenvalue weighted by Gasteiger charge is -2.06. The average molecular weight is 226 g/mol. The van der Waals surface area contributed by atoms with Gasteiger partial charge in [-0.3, -0.25) is 10.1 Å². The highest BCUT2D eigenvalue weighted by Gasteiger charge is 2.19. The van der Waals surface area contributed by atoms with Gasteiger partial charge in [0, 0.05) is 11.6 Å². The van der Waals surface area contributed by atoms with Gasteiger partial charge in [-0.2, -0.15) is 0 Å². The predicted octanol–water partition coefficient (Wildman–Crippen LogP) is 1.51. The summed E-state index contributed by atoms with van der Waals surface area (Å²) in [6.07, 6.45) is 1.01. The molecule has 0 amide bonds. The molecule has 0 spiro atoms. The van der Waals surface area contributed by atoms with Crippen molar-refractivity contribution in [1.29, 1.82) is 0 Å². The Kier molecular flexibility index (Phi) is 3.65. The topological polar surface area (TPSA) is 105 Å². The summed E-state index contributed by atoms with van der Waals surface area (Å²) < 4.78 is 5.02. The second kappa shape index (κ2) is 4.96. The van der Waals surface area contributed by atoms with Gasteiger partial charge in [-0.1, -0.05) is 5.16 Å². The van der Waals surface area contributed by atoms with Crippen LogP contribution in [0.25, 0.3) is 0 Å². The zero-order valence-electron chi connectivity index (χ0n) is 8.45. The monoisotopic (exact) mass is 226 g/mol. The first-order valence-electron chi connectivity index (χ1n) is 4.41. The molecule has 1 aromatic carbocycles. The van der Waals surface area contributed by atoms with Crippen LogP contribution in [0.3, 0.4) is 0 Å². The molecule has 0 saturated carbocycles. The van der Waals surface area contributed by atoms with Gasteiger partial charge in [0.15, 0.2) is 5.75 Å². The summed E-state index contributed by atoms with van der Waals surface area (Å²) in [7, 11) is 0. The van der Waals surface area contributed by atoms with Gasteiger partial charge >= 0.3 is 5.69 Å². The van der Waals surface area contributed by atoms with Gasteiger partial charge in [0.05, 0.1) is 17.7 Å². The van der Waals surface area contributed by atoms with Crippen molar-refractivity contribution in [2.24, 2.45) is 5.16 Å². The average Bonchev–Trinajstić information content (AvgIpc) is 2.23. The van der Waals surface area contributed by atoms with Crippen molar-refractivity contribution in [3.63, 3.8) is 0 Å². The first-order chi connectivity index (χ1) is 7.60. The fourth-order valence-electron chi connectivity index (χ4n) is 1.16. The molecule has 0 unspecified atom stereocenters. The van der Waals surface area contributed by atoms with Gasteiger partial charge in [0.25, 0.3) is 0 Å². The van der Waals surface area contributed by atoms with Gasteiger partial charge in [-0.15, -0.1) is 0 Å². The van der Waals surface area contributed by atoms with E-state index in [1.807, 2.05) is 0 Å². The van der Waals surface area contributed by atoms with Crippen LogP contribution in [0.1, 0.15) is 12.5 Å². The van der Waals surface area contributed by atoms with Gasteiger partial charge in [0.2, 0.25) is 5.75 Å². The summed E-state index contributed by atoms with van der Waals surface area (Å²) in [5, 5.41) is 31.2. The number of oxime groups is 1. The van der Waals surface area contributed by atoms with Gasteiger partial charge < -0.3 is 15.1 Å². The second-order valence-corrected chi connectivity index (χ2v) is 2.82. The molecular formula is C9H10N2O5. The fourth-order valence-corrected chi connectivity index (χ4v) is 1.16. The normalized spacial score (nSPS) is 10.6. The number of nitrogens with zero attached hydrogens (tertiary/aromatic N) is 2. The number of aromatic hydroxyl groups is 1. The fraction of sp³-hybridized carbons (Fsp3) is 0.222. The number of ether oxygens (including phenoxy) is 1. The molecule has 0 bridgehead atoms. The number of benzene rings is 1. The van der Waals surface area contributed by atoms with Crippen molar-refractivity contribution in [2.75, 3.05) is 6.61 Å². The van der Waals surface area contributed by atoms with E-state index in [2.05, 4.69) is 5.16 Å². The Morgan fingerprint density at radius 1 is 1.62 bits per heavy atom. The minimum Gasteiger partial charge on any atom is -0.500 e. The maximum atomic E-state index is 10.6. The van der Waals surface area contributed by atoms with E-state index >= 15 is 0 Å². The van der Waals surface area contributed by atoms with Crippen LogP contribution in [-0.2, 0) is 0 Å². The molecule has 16 heavy (non-hydrogen) atoms. The molecule has 2 N–H and O–H groups in total. The van der Waals surface area contributed by atoms with Crippen molar-refractivity contribution in [3.8, 4) is 11.5 Å². The van der Waals surface area contributed by atoms with Crippen molar-refractivity contribution in [3.05, 3.63) is 27.8 Å². The second-order valence-electron chi connectivity index (χ2n) is 2.82. The third kappa shape index (κ3) is 2.38. The Bertz CT molecular complexity index is 430. The van der Waals surface area contributed by atoms with E-state index in [0.29, 0.717) is 0 Å². The molecule has 0 aliphatic rings. The molecule has 0 aromatic heterocycles. The molecule has 0 aliphatic heterocycles. The van der Waals surface area contributed by atoms with Crippen molar-refractivity contribution in [1.82, 2.24) is 0 Å². The highest BCUT2D eigenvalue weighted by molar-refractivity contribution is 5.82. The molecule has 0 aliphatic carbocycles. The zero-order chi connectivity index (χ0) is 12.1. The number of hydrogen-bond acceptors (Lipinski definition) is 6. The van der Waals surface area contributed by atoms with Crippen LogP contribution in [0, 0.1) is 10.1 Å². The van der Waals surface area contributed by atoms with Gasteiger partial charge in [-0.25, -0.2) is 0 Å². The molecule has 0 saturated heterocycles. The van der Waals surface area contributed by atoms with Crippen LogP contribution in [0.15, 0.2) is 17.3 Å². The highest BCUT2D eigenvalue weighted by atomic mass is 16.6. The lowest BCUT2D eigenvalue weighted by molar-refractivity contribution is -0.386. The number of phenolic OH excluding ortho intramolecular Hbond substituents is 1. The van der Waals surface area contributed by atoms with E-state index in [0.717, 1.165) is 12.3 Å². The number of nitro groups is 1. The first-order valence-corrected chi connectivity index (χ1v) is 4.41. The lowest BCUT2D eigenvalue weighted by Crippen LogP contribution is -1.97. The molecule has 7 nitrogen and oxygen atoms in total. The molecule has 0 atom stereocenters. The Labute approximate surface area is 90.7 Å². The molecule has 7 heteroatoms. The quantitative estimate of drug-likeness (QED) is 0.350. The smallest absolute Gasteiger partial charge is 0.315 e. The largest absolute Gasteiger partial charge is 0.500 e. The van der Waals surface area contributed by atoms with E-state index in [1.54, 1.807) is 6.92 Å². The van der Waals surface area contributed by atoms with Crippen LogP contribution < -0.4 is 4.74 Å². The van der Waals surface area contributed by atoms with E-state index in [-0.39, 0.29) is 17.9 Å². The molecule has 1 rings (SSSR count). The molecule has 1 aromatic rings. The summed E-state index contributed by atoms with van der Waals surface area (Å²) in [6.45, 7) is 1.93.